The van der Waals surface area contributed by atoms with Gasteiger partial charge >= 0.3 is 0 Å². The average molecular weight is 314 g/mol. The molecule has 1 fully saturated rings. The molecule has 1 aromatic heterocycles. The topological polar surface area (TPSA) is 60.2 Å². The first-order valence-corrected chi connectivity index (χ1v) is 8.11. The number of nitrogens with zero attached hydrogens (tertiary/aromatic N) is 4. The number of benzene rings is 1. The largest absolute Gasteiger partial charge is 0.494 e. The summed E-state index contributed by atoms with van der Waals surface area (Å²) in [5, 5.41) is 7.77. The predicted octanol–water partition coefficient (Wildman–Crippen LogP) is 2.08. The fourth-order valence-corrected chi connectivity index (χ4v) is 2.62. The van der Waals surface area contributed by atoms with Gasteiger partial charge in [-0.05, 0) is 30.5 Å². The molecule has 0 radical (unpaired) electrons. The van der Waals surface area contributed by atoms with Crippen molar-refractivity contribution < 1.29 is 9.53 Å². The van der Waals surface area contributed by atoms with Crippen LogP contribution in [0.5, 0.6) is 5.75 Å². The van der Waals surface area contributed by atoms with Gasteiger partial charge in [-0.3, -0.25) is 4.79 Å². The summed E-state index contributed by atoms with van der Waals surface area (Å²) < 4.78 is 7.38. The van der Waals surface area contributed by atoms with Crippen molar-refractivity contribution in [3.63, 3.8) is 0 Å². The van der Waals surface area contributed by atoms with Crippen molar-refractivity contribution >= 4 is 5.91 Å². The lowest BCUT2D eigenvalue weighted by Gasteiger charge is -2.38. The first-order valence-electron chi connectivity index (χ1n) is 8.11. The van der Waals surface area contributed by atoms with Gasteiger partial charge in [-0.1, -0.05) is 24.3 Å². The maximum atomic E-state index is 12.2. The molecule has 0 N–H and O–H groups in total. The monoisotopic (exact) mass is 314 g/mol. The zero-order valence-corrected chi connectivity index (χ0v) is 13.4. The number of aryl methyl sites for hydroxylation is 1. The first kappa shape index (κ1) is 15.5. The minimum Gasteiger partial charge on any atom is -0.494 e. The molecule has 3 rings (SSSR count). The van der Waals surface area contributed by atoms with Gasteiger partial charge in [0.1, 0.15) is 5.75 Å². The molecule has 0 spiro atoms. The summed E-state index contributed by atoms with van der Waals surface area (Å²) >= 11 is 0. The Morgan fingerprint density at radius 3 is 2.74 bits per heavy atom. The quantitative estimate of drug-likeness (QED) is 0.785. The van der Waals surface area contributed by atoms with Crippen molar-refractivity contribution in [2.24, 2.45) is 0 Å². The molecule has 1 saturated heterocycles. The van der Waals surface area contributed by atoms with E-state index in [1.807, 2.05) is 40.0 Å². The van der Waals surface area contributed by atoms with Crippen LogP contribution < -0.4 is 4.74 Å². The molecule has 122 valence electrons. The lowest BCUT2D eigenvalue weighted by Crippen LogP contribution is -2.50. The van der Waals surface area contributed by atoms with Gasteiger partial charge in [0.25, 0.3) is 0 Å². The Bertz CT molecular complexity index is 619. The van der Waals surface area contributed by atoms with Crippen LogP contribution >= 0.6 is 0 Å². The molecular formula is C17H22N4O2. The van der Waals surface area contributed by atoms with Crippen molar-refractivity contribution in [3.8, 4) is 5.75 Å². The molecule has 2 heterocycles. The molecule has 1 aliphatic rings. The van der Waals surface area contributed by atoms with Gasteiger partial charge in [-0.25, -0.2) is 4.68 Å². The fourth-order valence-electron chi connectivity index (χ4n) is 2.62. The maximum absolute atomic E-state index is 12.2. The van der Waals surface area contributed by atoms with Crippen LogP contribution in [-0.2, 0) is 11.2 Å². The third-order valence-electron chi connectivity index (χ3n) is 4.05. The Balaban J connectivity index is 1.41. The van der Waals surface area contributed by atoms with E-state index < -0.39 is 0 Å². The number of hydrogen-bond donors (Lipinski definition) is 0. The van der Waals surface area contributed by atoms with Crippen LogP contribution in [0.1, 0.15) is 31.4 Å². The predicted molar refractivity (Wildman–Crippen MR) is 86.2 cm³/mol. The minimum atomic E-state index is 0.202. The van der Waals surface area contributed by atoms with Crippen molar-refractivity contribution in [2.75, 3.05) is 19.7 Å². The molecule has 23 heavy (non-hydrogen) atoms. The van der Waals surface area contributed by atoms with E-state index in [4.69, 9.17) is 4.74 Å². The van der Waals surface area contributed by atoms with E-state index in [2.05, 4.69) is 17.2 Å². The van der Waals surface area contributed by atoms with Crippen LogP contribution in [0.3, 0.4) is 0 Å². The molecule has 0 atom stereocenters. The van der Waals surface area contributed by atoms with Gasteiger partial charge < -0.3 is 9.64 Å². The second-order valence-electron chi connectivity index (χ2n) is 5.83. The van der Waals surface area contributed by atoms with Crippen LogP contribution in [0.4, 0.5) is 0 Å². The highest BCUT2D eigenvalue weighted by Gasteiger charge is 2.31. The highest BCUT2D eigenvalue weighted by molar-refractivity contribution is 5.77. The number of ether oxygens (including phenoxy) is 1. The number of hydrogen-bond acceptors (Lipinski definition) is 4. The van der Waals surface area contributed by atoms with Crippen LogP contribution in [-0.4, -0.2) is 45.5 Å². The summed E-state index contributed by atoms with van der Waals surface area (Å²) in [5.74, 6) is 1.09. The second kappa shape index (κ2) is 7.26. The number of carbonyl (C=O) groups excluding carboxylic acids is 1. The van der Waals surface area contributed by atoms with Gasteiger partial charge in [0.2, 0.25) is 5.91 Å². The number of amides is 1. The second-order valence-corrected chi connectivity index (χ2v) is 5.83. The summed E-state index contributed by atoms with van der Waals surface area (Å²) in [6.07, 6.45) is 5.81. The van der Waals surface area contributed by atoms with E-state index in [1.165, 1.54) is 0 Å². The Morgan fingerprint density at radius 1 is 1.30 bits per heavy atom. The van der Waals surface area contributed by atoms with Crippen molar-refractivity contribution in [1.82, 2.24) is 19.9 Å². The molecule has 0 unspecified atom stereocenters. The zero-order valence-electron chi connectivity index (χ0n) is 13.4. The average Bonchev–Trinajstić information content (AvgIpc) is 3.04. The zero-order chi connectivity index (χ0) is 16.1. The maximum Gasteiger partial charge on any atom is 0.223 e. The van der Waals surface area contributed by atoms with Crippen molar-refractivity contribution in [3.05, 3.63) is 42.2 Å². The van der Waals surface area contributed by atoms with Crippen LogP contribution in [0.2, 0.25) is 0 Å². The van der Waals surface area contributed by atoms with E-state index in [0.717, 1.165) is 43.9 Å². The highest BCUT2D eigenvalue weighted by Crippen LogP contribution is 2.21. The molecule has 6 heteroatoms. The molecule has 0 aliphatic carbocycles. The third kappa shape index (κ3) is 3.88. The van der Waals surface area contributed by atoms with Gasteiger partial charge in [0.05, 0.1) is 18.8 Å². The van der Waals surface area contributed by atoms with Gasteiger partial charge in [0, 0.05) is 25.7 Å². The van der Waals surface area contributed by atoms with Crippen molar-refractivity contribution in [2.45, 2.75) is 32.2 Å². The van der Waals surface area contributed by atoms with E-state index in [0.29, 0.717) is 6.42 Å². The van der Waals surface area contributed by atoms with E-state index in [-0.39, 0.29) is 11.9 Å². The van der Waals surface area contributed by atoms with Crippen LogP contribution in [0.25, 0.3) is 0 Å². The summed E-state index contributed by atoms with van der Waals surface area (Å²) in [4.78, 5) is 14.1. The smallest absolute Gasteiger partial charge is 0.223 e. The Labute approximate surface area is 136 Å². The standard InChI is InChI=1S/C17H22N4O2/c1-2-11-23-16-6-3-14(4-7-16)5-8-17(22)20-12-15(13-20)21-10-9-18-19-21/h3-4,6-7,9-10,15H,2,5,8,11-13H2,1H3. The van der Waals surface area contributed by atoms with E-state index in [9.17, 15) is 4.79 Å². The number of rotatable bonds is 7. The first-order chi connectivity index (χ1) is 11.3. The highest BCUT2D eigenvalue weighted by atomic mass is 16.5. The minimum absolute atomic E-state index is 0.202. The summed E-state index contributed by atoms with van der Waals surface area (Å²) in [6, 6.07) is 8.29. The van der Waals surface area contributed by atoms with Gasteiger partial charge in [-0.2, -0.15) is 0 Å². The number of aromatic nitrogens is 3. The number of likely N-dealkylation sites (tertiary alicyclic amines) is 1. The molecule has 1 aliphatic heterocycles. The molecule has 0 bridgehead atoms. The molecule has 0 saturated carbocycles. The Morgan fingerprint density at radius 2 is 2.09 bits per heavy atom. The fraction of sp³-hybridized carbons (Fsp3) is 0.471. The molecular weight excluding hydrogens is 292 g/mol. The van der Waals surface area contributed by atoms with Crippen molar-refractivity contribution in [1.29, 1.82) is 0 Å². The van der Waals surface area contributed by atoms with Crippen LogP contribution in [0.15, 0.2) is 36.7 Å². The molecule has 6 nitrogen and oxygen atoms in total. The number of carbonyl (C=O) groups is 1. The Kier molecular flexibility index (Phi) is 4.90. The lowest BCUT2D eigenvalue weighted by atomic mass is 10.1. The van der Waals surface area contributed by atoms with Gasteiger partial charge in [0.15, 0.2) is 0 Å². The van der Waals surface area contributed by atoms with E-state index in [1.54, 1.807) is 6.20 Å². The Hall–Kier alpha value is -2.37. The molecule has 2 aromatic rings. The normalized spacial score (nSPS) is 14.6. The lowest BCUT2D eigenvalue weighted by molar-refractivity contribution is -0.137. The van der Waals surface area contributed by atoms with E-state index >= 15 is 0 Å². The SMILES string of the molecule is CCCOc1ccc(CCC(=O)N2CC(n3ccnn3)C2)cc1. The molecule has 1 aromatic carbocycles. The summed E-state index contributed by atoms with van der Waals surface area (Å²) in [6.45, 7) is 4.28. The summed E-state index contributed by atoms with van der Waals surface area (Å²) in [5.41, 5.74) is 1.16. The third-order valence-corrected chi connectivity index (χ3v) is 4.05. The molecule has 1 amide bonds. The van der Waals surface area contributed by atoms with Gasteiger partial charge in [-0.15, -0.1) is 5.10 Å². The summed E-state index contributed by atoms with van der Waals surface area (Å²) in [7, 11) is 0. The van der Waals surface area contributed by atoms with Crippen LogP contribution in [0, 0.1) is 0 Å².